The van der Waals surface area contributed by atoms with Gasteiger partial charge < -0.3 is 4.90 Å². The summed E-state index contributed by atoms with van der Waals surface area (Å²) < 4.78 is 14.0. The summed E-state index contributed by atoms with van der Waals surface area (Å²) in [7, 11) is 0. The van der Waals surface area contributed by atoms with Crippen LogP contribution in [0.15, 0.2) is 36.4 Å². The van der Waals surface area contributed by atoms with Gasteiger partial charge in [-0.3, -0.25) is 14.9 Å². The van der Waals surface area contributed by atoms with Crippen LogP contribution in [-0.2, 0) is 13.0 Å². The molecule has 5 nitrogen and oxygen atoms in total. The van der Waals surface area contributed by atoms with E-state index in [4.69, 9.17) is 0 Å². The first-order valence-electron chi connectivity index (χ1n) is 7.28. The lowest BCUT2D eigenvalue weighted by atomic mass is 9.97. The van der Waals surface area contributed by atoms with E-state index in [0.717, 1.165) is 11.1 Å². The molecule has 0 unspecified atom stereocenters. The smallest absolute Gasteiger partial charge is 0.269 e. The lowest BCUT2D eigenvalue weighted by Gasteiger charge is -2.31. The van der Waals surface area contributed by atoms with Crippen molar-refractivity contribution in [3.05, 3.63) is 69.0 Å². The van der Waals surface area contributed by atoms with E-state index in [9.17, 15) is 19.3 Å². The average molecular weight is 314 g/mol. The summed E-state index contributed by atoms with van der Waals surface area (Å²) in [6.45, 7) is 2.39. The van der Waals surface area contributed by atoms with Crippen LogP contribution in [0.3, 0.4) is 0 Å². The number of non-ortho nitro benzene ring substituents is 1. The number of Topliss-reactive ketones (excluding diaryl/α,β-unsaturated/α-hetero) is 1. The Morgan fingerprint density at radius 3 is 2.74 bits per heavy atom. The second kappa shape index (κ2) is 5.79. The fraction of sp³-hybridized carbons (Fsp3) is 0.235. The number of nitro benzene ring substituents is 1. The van der Waals surface area contributed by atoms with Crippen molar-refractivity contribution < 1.29 is 14.1 Å². The zero-order valence-electron chi connectivity index (χ0n) is 12.6. The summed E-state index contributed by atoms with van der Waals surface area (Å²) in [6.07, 6.45) is 0.696. The van der Waals surface area contributed by atoms with Crippen LogP contribution in [0.5, 0.6) is 0 Å². The number of hydrogen-bond donors (Lipinski definition) is 0. The molecule has 3 rings (SSSR count). The van der Waals surface area contributed by atoms with Crippen molar-refractivity contribution in [2.24, 2.45) is 0 Å². The maximum absolute atomic E-state index is 14.0. The Labute approximate surface area is 132 Å². The topological polar surface area (TPSA) is 63.5 Å². The van der Waals surface area contributed by atoms with Gasteiger partial charge in [0.1, 0.15) is 5.82 Å². The molecular formula is C17H15FN2O3. The number of nitro groups is 1. The van der Waals surface area contributed by atoms with Crippen LogP contribution in [0.2, 0.25) is 0 Å². The Bertz CT molecular complexity index is 804. The number of fused-ring (bicyclic) bond motifs is 1. The van der Waals surface area contributed by atoms with Crippen molar-refractivity contribution in [3.63, 3.8) is 0 Å². The van der Waals surface area contributed by atoms with Crippen molar-refractivity contribution in [2.75, 3.05) is 11.4 Å². The van der Waals surface area contributed by atoms with Crippen LogP contribution in [-0.4, -0.2) is 17.3 Å². The fourth-order valence-electron chi connectivity index (χ4n) is 2.99. The molecule has 0 radical (unpaired) electrons. The standard InChI is InChI=1S/C17H15FN2O3/c1-11(21)17-15(18)3-2-4-16(17)19-8-7-12-5-6-14(20(22)23)9-13(12)10-19/h2-6,9H,7-8,10H2,1H3. The molecule has 1 aliphatic heterocycles. The summed E-state index contributed by atoms with van der Waals surface area (Å²) >= 11 is 0. The molecule has 0 aliphatic carbocycles. The first-order chi connectivity index (χ1) is 11.0. The van der Waals surface area contributed by atoms with Gasteiger partial charge in [0.05, 0.1) is 16.2 Å². The number of ketones is 1. The van der Waals surface area contributed by atoms with Gasteiger partial charge in [0.15, 0.2) is 5.78 Å². The molecule has 118 valence electrons. The maximum Gasteiger partial charge on any atom is 0.269 e. The van der Waals surface area contributed by atoms with Gasteiger partial charge in [-0.1, -0.05) is 12.1 Å². The second-order valence-electron chi connectivity index (χ2n) is 5.57. The zero-order valence-corrected chi connectivity index (χ0v) is 12.6. The SMILES string of the molecule is CC(=O)c1c(F)cccc1N1CCc2ccc([N+](=O)[O-])cc2C1. The molecule has 0 N–H and O–H groups in total. The Balaban J connectivity index is 1.99. The van der Waals surface area contributed by atoms with Crippen LogP contribution in [0.25, 0.3) is 0 Å². The maximum atomic E-state index is 14.0. The van der Waals surface area contributed by atoms with Crippen molar-refractivity contribution in [1.82, 2.24) is 0 Å². The van der Waals surface area contributed by atoms with E-state index in [1.54, 1.807) is 24.3 Å². The van der Waals surface area contributed by atoms with Gasteiger partial charge in [0.2, 0.25) is 0 Å². The molecule has 0 amide bonds. The van der Waals surface area contributed by atoms with E-state index in [2.05, 4.69) is 0 Å². The van der Waals surface area contributed by atoms with Crippen molar-refractivity contribution in [1.29, 1.82) is 0 Å². The Kier molecular flexibility index (Phi) is 3.82. The van der Waals surface area contributed by atoms with Gasteiger partial charge in [-0.25, -0.2) is 4.39 Å². The zero-order chi connectivity index (χ0) is 16.6. The third-order valence-corrected chi connectivity index (χ3v) is 4.10. The first-order valence-corrected chi connectivity index (χ1v) is 7.28. The molecule has 1 heterocycles. The number of hydrogen-bond acceptors (Lipinski definition) is 4. The summed E-state index contributed by atoms with van der Waals surface area (Å²) in [6, 6.07) is 9.36. The van der Waals surface area contributed by atoms with Gasteiger partial charge in [-0.05, 0) is 36.6 Å². The molecule has 0 atom stereocenters. The van der Waals surface area contributed by atoms with E-state index in [1.807, 2.05) is 4.90 Å². The average Bonchev–Trinajstić information content (AvgIpc) is 2.53. The van der Waals surface area contributed by atoms with E-state index in [1.165, 1.54) is 19.1 Å². The normalized spacial score (nSPS) is 13.6. The van der Waals surface area contributed by atoms with Crippen LogP contribution >= 0.6 is 0 Å². The molecule has 0 saturated carbocycles. The number of anilines is 1. The van der Waals surface area contributed by atoms with Crippen LogP contribution in [0.4, 0.5) is 15.8 Å². The van der Waals surface area contributed by atoms with Gasteiger partial charge in [-0.2, -0.15) is 0 Å². The monoisotopic (exact) mass is 314 g/mol. The minimum absolute atomic E-state index is 0.0385. The molecule has 0 aromatic heterocycles. The van der Waals surface area contributed by atoms with Gasteiger partial charge >= 0.3 is 0 Å². The highest BCUT2D eigenvalue weighted by atomic mass is 19.1. The molecule has 23 heavy (non-hydrogen) atoms. The lowest BCUT2D eigenvalue weighted by molar-refractivity contribution is -0.384. The minimum Gasteiger partial charge on any atom is -0.366 e. The molecule has 0 spiro atoms. The molecule has 1 aliphatic rings. The van der Waals surface area contributed by atoms with Crippen molar-refractivity contribution in [3.8, 4) is 0 Å². The van der Waals surface area contributed by atoms with Crippen molar-refractivity contribution in [2.45, 2.75) is 19.9 Å². The predicted molar refractivity (Wildman–Crippen MR) is 84.3 cm³/mol. The van der Waals surface area contributed by atoms with E-state index in [-0.39, 0.29) is 17.0 Å². The Hall–Kier alpha value is -2.76. The van der Waals surface area contributed by atoms with E-state index < -0.39 is 10.7 Å². The number of carbonyl (C=O) groups is 1. The quantitative estimate of drug-likeness (QED) is 0.494. The number of rotatable bonds is 3. The molecule has 0 fully saturated rings. The second-order valence-corrected chi connectivity index (χ2v) is 5.57. The van der Waals surface area contributed by atoms with E-state index >= 15 is 0 Å². The highest BCUT2D eigenvalue weighted by Gasteiger charge is 2.23. The molecule has 0 saturated heterocycles. The summed E-state index contributed by atoms with van der Waals surface area (Å²) in [5, 5.41) is 10.9. The number of carbonyl (C=O) groups excluding carboxylic acids is 1. The molecular weight excluding hydrogens is 299 g/mol. The lowest BCUT2D eigenvalue weighted by Crippen LogP contribution is -2.31. The van der Waals surface area contributed by atoms with E-state index in [0.29, 0.717) is 25.2 Å². The molecule has 0 bridgehead atoms. The third-order valence-electron chi connectivity index (χ3n) is 4.10. The largest absolute Gasteiger partial charge is 0.366 e. The Morgan fingerprint density at radius 2 is 2.04 bits per heavy atom. The highest BCUT2D eigenvalue weighted by Crippen LogP contribution is 2.30. The van der Waals surface area contributed by atoms with Gasteiger partial charge in [-0.15, -0.1) is 0 Å². The van der Waals surface area contributed by atoms with Crippen LogP contribution in [0.1, 0.15) is 28.4 Å². The number of nitrogens with zero attached hydrogens (tertiary/aromatic N) is 2. The first kappa shape index (κ1) is 15.1. The predicted octanol–water partition coefficient (Wildman–Crippen LogP) is 3.50. The minimum atomic E-state index is -0.542. The summed E-state index contributed by atoms with van der Waals surface area (Å²) in [5.41, 5.74) is 2.53. The number of halogens is 1. The molecule has 2 aromatic rings. The third kappa shape index (κ3) is 2.79. The van der Waals surface area contributed by atoms with Crippen molar-refractivity contribution >= 4 is 17.2 Å². The molecule has 2 aromatic carbocycles. The summed E-state index contributed by atoms with van der Waals surface area (Å²) in [4.78, 5) is 24.2. The van der Waals surface area contributed by atoms with Gasteiger partial charge in [0.25, 0.3) is 5.69 Å². The van der Waals surface area contributed by atoms with Gasteiger partial charge in [0, 0.05) is 25.2 Å². The Morgan fingerprint density at radius 1 is 1.26 bits per heavy atom. The van der Waals surface area contributed by atoms with Crippen LogP contribution in [0, 0.1) is 15.9 Å². The summed E-state index contributed by atoms with van der Waals surface area (Å²) in [5.74, 6) is -0.872. The number of benzene rings is 2. The highest BCUT2D eigenvalue weighted by molar-refractivity contribution is 6.00. The molecule has 6 heteroatoms. The fourth-order valence-corrected chi connectivity index (χ4v) is 2.99. The van der Waals surface area contributed by atoms with Crippen LogP contribution < -0.4 is 4.90 Å².